The molecule has 1 rings (SSSR count). The molecule has 1 unspecified atom stereocenters. The third kappa shape index (κ3) is 3.18. The first-order chi connectivity index (χ1) is 6.59. The summed E-state index contributed by atoms with van der Waals surface area (Å²) in [4.78, 5) is 22.6. The molecule has 0 bridgehead atoms. The molecule has 0 saturated heterocycles. The zero-order valence-electron chi connectivity index (χ0n) is 7.69. The fourth-order valence-corrected chi connectivity index (χ4v) is 1.63. The number of carboxylic acids is 1. The van der Waals surface area contributed by atoms with Crippen LogP contribution in [0.2, 0.25) is 0 Å². The summed E-state index contributed by atoms with van der Waals surface area (Å²) in [7, 11) is 0. The lowest BCUT2D eigenvalue weighted by Crippen LogP contribution is -2.39. The summed E-state index contributed by atoms with van der Waals surface area (Å²) in [5, 5.41) is 12.8. The maximum Gasteiger partial charge on any atom is 0.325 e. The Balaban J connectivity index is 2.40. The van der Waals surface area contributed by atoms with Gasteiger partial charge in [-0.05, 0) is 18.4 Å². The first kappa shape index (κ1) is 10.7. The van der Waals surface area contributed by atoms with Crippen molar-refractivity contribution in [1.82, 2.24) is 5.32 Å². The molecule has 0 spiro atoms. The Labute approximate surface area is 85.6 Å². The minimum Gasteiger partial charge on any atom is -0.480 e. The summed E-state index contributed by atoms with van der Waals surface area (Å²) in [5.74, 6) is -1.29. The zero-order valence-corrected chi connectivity index (χ0v) is 8.50. The summed E-state index contributed by atoms with van der Waals surface area (Å²) in [5.41, 5.74) is 0. The summed E-state index contributed by atoms with van der Waals surface area (Å²) >= 11 is 1.48. The number of amides is 1. The van der Waals surface area contributed by atoms with Gasteiger partial charge >= 0.3 is 5.97 Å². The Morgan fingerprint density at radius 3 is 2.86 bits per heavy atom. The van der Waals surface area contributed by atoms with Crippen molar-refractivity contribution in [2.45, 2.75) is 19.4 Å². The van der Waals surface area contributed by atoms with E-state index in [0.717, 1.165) is 4.88 Å². The average molecular weight is 213 g/mol. The maximum absolute atomic E-state index is 11.3. The Bertz CT molecular complexity index is 321. The van der Waals surface area contributed by atoms with E-state index in [9.17, 15) is 9.59 Å². The number of thiophene rings is 1. The third-order valence-electron chi connectivity index (χ3n) is 1.66. The van der Waals surface area contributed by atoms with Crippen LogP contribution in [0.1, 0.15) is 11.8 Å². The number of rotatable bonds is 4. The lowest BCUT2D eigenvalue weighted by atomic mass is 10.3. The standard InChI is InChI=1S/C9H11NO3S/c1-6(9(12)13)10-8(11)5-7-3-2-4-14-7/h2-4,6H,5H2,1H3,(H,10,11)(H,12,13). The van der Waals surface area contributed by atoms with Crippen molar-refractivity contribution < 1.29 is 14.7 Å². The number of aliphatic carboxylic acids is 1. The SMILES string of the molecule is CC(NC(=O)Cc1cccs1)C(=O)O. The molecule has 0 radical (unpaired) electrons. The molecule has 0 fully saturated rings. The second-order valence-corrected chi connectivity index (χ2v) is 3.92. The van der Waals surface area contributed by atoms with Crippen LogP contribution in [0.3, 0.4) is 0 Å². The molecular weight excluding hydrogens is 202 g/mol. The molecule has 0 saturated carbocycles. The largest absolute Gasteiger partial charge is 0.480 e. The van der Waals surface area contributed by atoms with E-state index in [1.54, 1.807) is 0 Å². The van der Waals surface area contributed by atoms with E-state index in [4.69, 9.17) is 5.11 Å². The summed E-state index contributed by atoms with van der Waals surface area (Å²) in [6, 6.07) is 2.87. The molecule has 76 valence electrons. The molecule has 1 aromatic heterocycles. The van der Waals surface area contributed by atoms with Gasteiger partial charge in [-0.25, -0.2) is 0 Å². The molecule has 5 heteroatoms. The molecule has 0 aliphatic rings. The highest BCUT2D eigenvalue weighted by atomic mass is 32.1. The van der Waals surface area contributed by atoms with Crippen LogP contribution in [0.25, 0.3) is 0 Å². The Morgan fingerprint density at radius 2 is 2.36 bits per heavy atom. The van der Waals surface area contributed by atoms with Gasteiger partial charge in [0, 0.05) is 4.88 Å². The number of hydrogen-bond donors (Lipinski definition) is 2. The lowest BCUT2D eigenvalue weighted by molar-refractivity contribution is -0.141. The first-order valence-corrected chi connectivity index (χ1v) is 5.02. The maximum atomic E-state index is 11.3. The van der Waals surface area contributed by atoms with E-state index < -0.39 is 12.0 Å². The second-order valence-electron chi connectivity index (χ2n) is 2.88. The first-order valence-electron chi connectivity index (χ1n) is 4.14. The van der Waals surface area contributed by atoms with Crippen molar-refractivity contribution in [1.29, 1.82) is 0 Å². The van der Waals surface area contributed by atoms with Crippen molar-refractivity contribution >= 4 is 23.2 Å². The highest BCUT2D eigenvalue weighted by Gasteiger charge is 2.13. The zero-order chi connectivity index (χ0) is 10.6. The topological polar surface area (TPSA) is 66.4 Å². The molecule has 0 aromatic carbocycles. The van der Waals surface area contributed by atoms with E-state index in [0.29, 0.717) is 0 Å². The fourth-order valence-electron chi connectivity index (χ4n) is 0.926. The molecule has 2 N–H and O–H groups in total. The third-order valence-corrected chi connectivity index (χ3v) is 2.54. The minimum absolute atomic E-state index is 0.245. The Hall–Kier alpha value is -1.36. The molecular formula is C9H11NO3S. The summed E-state index contributed by atoms with van der Waals surface area (Å²) in [6.07, 6.45) is 0.245. The van der Waals surface area contributed by atoms with Crippen LogP contribution in [0.4, 0.5) is 0 Å². The molecule has 1 aromatic rings. The van der Waals surface area contributed by atoms with Gasteiger partial charge in [0.15, 0.2) is 0 Å². The highest BCUT2D eigenvalue weighted by molar-refractivity contribution is 7.10. The quantitative estimate of drug-likeness (QED) is 0.780. The van der Waals surface area contributed by atoms with Gasteiger partial charge in [-0.1, -0.05) is 6.07 Å². The summed E-state index contributed by atoms with van der Waals surface area (Å²) < 4.78 is 0. The van der Waals surface area contributed by atoms with E-state index >= 15 is 0 Å². The van der Waals surface area contributed by atoms with Crippen LogP contribution in [-0.4, -0.2) is 23.0 Å². The van der Waals surface area contributed by atoms with E-state index in [2.05, 4.69) is 5.32 Å². The number of carboxylic acid groups (broad SMARTS) is 1. The van der Waals surface area contributed by atoms with E-state index in [-0.39, 0.29) is 12.3 Å². The number of nitrogens with one attached hydrogen (secondary N) is 1. The molecule has 0 aliphatic heterocycles. The smallest absolute Gasteiger partial charge is 0.325 e. The van der Waals surface area contributed by atoms with Crippen molar-refractivity contribution in [2.75, 3.05) is 0 Å². The molecule has 4 nitrogen and oxygen atoms in total. The van der Waals surface area contributed by atoms with Crippen LogP contribution in [0.15, 0.2) is 17.5 Å². The molecule has 1 heterocycles. The second kappa shape index (κ2) is 4.76. The highest BCUT2D eigenvalue weighted by Crippen LogP contribution is 2.08. The van der Waals surface area contributed by atoms with Crippen LogP contribution in [-0.2, 0) is 16.0 Å². The van der Waals surface area contributed by atoms with Gasteiger partial charge in [0.05, 0.1) is 6.42 Å². The van der Waals surface area contributed by atoms with Crippen molar-refractivity contribution in [2.24, 2.45) is 0 Å². The molecule has 1 atom stereocenters. The number of carbonyl (C=O) groups excluding carboxylic acids is 1. The van der Waals surface area contributed by atoms with Gasteiger partial charge in [0.1, 0.15) is 6.04 Å². The van der Waals surface area contributed by atoms with E-state index in [1.165, 1.54) is 18.3 Å². The van der Waals surface area contributed by atoms with Crippen LogP contribution >= 0.6 is 11.3 Å². The van der Waals surface area contributed by atoms with Gasteiger partial charge in [-0.3, -0.25) is 9.59 Å². The van der Waals surface area contributed by atoms with Crippen molar-refractivity contribution in [3.8, 4) is 0 Å². The fraction of sp³-hybridized carbons (Fsp3) is 0.333. The lowest BCUT2D eigenvalue weighted by Gasteiger charge is -2.07. The van der Waals surface area contributed by atoms with Crippen LogP contribution in [0.5, 0.6) is 0 Å². The normalized spacial score (nSPS) is 12.1. The predicted molar refractivity (Wildman–Crippen MR) is 53.3 cm³/mol. The van der Waals surface area contributed by atoms with Crippen LogP contribution < -0.4 is 5.32 Å². The van der Waals surface area contributed by atoms with Gasteiger partial charge < -0.3 is 10.4 Å². The van der Waals surface area contributed by atoms with Gasteiger partial charge in [-0.2, -0.15) is 0 Å². The van der Waals surface area contributed by atoms with Crippen molar-refractivity contribution in [3.63, 3.8) is 0 Å². The Kier molecular flexibility index (Phi) is 3.64. The van der Waals surface area contributed by atoms with Crippen LogP contribution in [0, 0.1) is 0 Å². The monoisotopic (exact) mass is 213 g/mol. The van der Waals surface area contributed by atoms with Gasteiger partial charge in [0.2, 0.25) is 5.91 Å². The number of carbonyl (C=O) groups is 2. The Morgan fingerprint density at radius 1 is 1.64 bits per heavy atom. The average Bonchev–Trinajstić information content (AvgIpc) is 2.56. The van der Waals surface area contributed by atoms with Gasteiger partial charge in [-0.15, -0.1) is 11.3 Å². The van der Waals surface area contributed by atoms with Crippen molar-refractivity contribution in [3.05, 3.63) is 22.4 Å². The minimum atomic E-state index is -1.02. The van der Waals surface area contributed by atoms with E-state index in [1.807, 2.05) is 17.5 Å². The predicted octanol–water partition coefficient (Wildman–Crippen LogP) is 0.880. The molecule has 14 heavy (non-hydrogen) atoms. The van der Waals surface area contributed by atoms with Gasteiger partial charge in [0.25, 0.3) is 0 Å². The molecule has 0 aliphatic carbocycles. The number of hydrogen-bond acceptors (Lipinski definition) is 3. The summed E-state index contributed by atoms with van der Waals surface area (Å²) in [6.45, 7) is 1.44. The molecule has 1 amide bonds.